The van der Waals surface area contributed by atoms with Crippen LogP contribution in [0.2, 0.25) is 10.0 Å². The lowest BCUT2D eigenvalue weighted by Gasteiger charge is -2.45. The van der Waals surface area contributed by atoms with Crippen LogP contribution in [-0.2, 0) is 35.3 Å². The number of rotatable bonds is 9. The zero-order valence-electron chi connectivity index (χ0n) is 28.7. The number of hydrogen-bond donors (Lipinski definition) is 1. The Hall–Kier alpha value is -3.80. The molecule has 4 unspecified atom stereocenters. The number of carbonyl (C=O) groups excluding carboxylic acids is 4. The molecule has 0 radical (unpaired) electrons. The molecule has 1 N–H and O–H groups in total. The van der Waals surface area contributed by atoms with Crippen LogP contribution in [-0.4, -0.2) is 79.9 Å². The smallest absolute Gasteiger partial charge is 0.255 e. The second kappa shape index (κ2) is 18.8. The van der Waals surface area contributed by atoms with Crippen LogP contribution in [0.25, 0.3) is 0 Å². The maximum atomic E-state index is 14.1. The first-order chi connectivity index (χ1) is 23.4. The van der Waals surface area contributed by atoms with Gasteiger partial charge in [0.2, 0.25) is 6.41 Å². The number of likely N-dealkylation sites (tertiary alicyclic amines) is 1. The first-order valence-corrected chi connectivity index (χ1v) is 16.7. The maximum Gasteiger partial charge on any atom is 0.255 e. The van der Waals surface area contributed by atoms with Crippen LogP contribution in [0.4, 0.5) is 0 Å². The van der Waals surface area contributed by atoms with E-state index in [9.17, 15) is 19.2 Å². The molecule has 0 saturated carbocycles. The lowest BCUT2D eigenvalue weighted by Crippen LogP contribution is -2.54. The third-order valence-electron chi connectivity index (χ3n) is 8.14. The summed E-state index contributed by atoms with van der Waals surface area (Å²) in [6, 6.07) is 19.5. The van der Waals surface area contributed by atoms with Gasteiger partial charge >= 0.3 is 0 Å². The van der Waals surface area contributed by atoms with Crippen LogP contribution >= 0.6 is 23.2 Å². The zero-order chi connectivity index (χ0) is 36.1. The average molecular weight is 715 g/mol. The Balaban J connectivity index is 0.000000572. The van der Waals surface area contributed by atoms with Gasteiger partial charge in [0.15, 0.2) is 0 Å². The number of methoxy groups -OCH3 is 2. The normalized spacial score (nSPS) is 19.9. The van der Waals surface area contributed by atoms with Crippen LogP contribution in [0.15, 0.2) is 72.8 Å². The molecule has 5 rings (SSSR count). The molecule has 2 aliphatic rings. The molecule has 0 bridgehead atoms. The van der Waals surface area contributed by atoms with E-state index in [0.29, 0.717) is 28.1 Å². The van der Waals surface area contributed by atoms with E-state index in [1.165, 1.54) is 9.80 Å². The van der Waals surface area contributed by atoms with Gasteiger partial charge in [0.05, 0.1) is 36.1 Å². The van der Waals surface area contributed by atoms with Gasteiger partial charge in [0, 0.05) is 49.5 Å². The molecule has 10 nitrogen and oxygen atoms in total. The fraction of sp³-hybridized carbons (Fsp3) is 0.405. The molecule has 3 amide bonds. The number of hydroxylamine groups is 1. The summed E-state index contributed by atoms with van der Waals surface area (Å²) in [5.74, 6) is -2.43. The zero-order valence-corrected chi connectivity index (χ0v) is 30.2. The van der Waals surface area contributed by atoms with E-state index in [-0.39, 0.29) is 36.2 Å². The summed E-state index contributed by atoms with van der Waals surface area (Å²) < 4.78 is 9.48. The largest absolute Gasteiger partial charge is 0.385 e. The molecule has 0 spiro atoms. The Morgan fingerprint density at radius 2 is 1.59 bits per heavy atom. The van der Waals surface area contributed by atoms with Gasteiger partial charge < -0.3 is 24.1 Å². The maximum absolute atomic E-state index is 14.1. The number of amides is 3. The number of nitrogens with zero attached hydrogens (tertiary/aromatic N) is 2. The fourth-order valence-electron chi connectivity index (χ4n) is 5.46. The summed E-state index contributed by atoms with van der Waals surface area (Å²) in [6.07, 6.45) is 1.41. The number of carbonyl (C=O) groups is 4. The molecule has 0 aromatic heterocycles. The van der Waals surface area contributed by atoms with Gasteiger partial charge in [0.1, 0.15) is 6.29 Å². The molecule has 49 heavy (non-hydrogen) atoms. The van der Waals surface area contributed by atoms with E-state index in [2.05, 4.69) is 10.2 Å². The summed E-state index contributed by atoms with van der Waals surface area (Å²) in [5, 5.41) is 0.657. The predicted molar refractivity (Wildman–Crippen MR) is 189 cm³/mol. The Bertz CT molecular complexity index is 1550. The van der Waals surface area contributed by atoms with Crippen molar-refractivity contribution >= 4 is 47.7 Å². The van der Waals surface area contributed by atoms with Gasteiger partial charge in [-0.15, -0.1) is 0 Å². The van der Waals surface area contributed by atoms with Crippen LogP contribution in [0.5, 0.6) is 0 Å². The second-order valence-corrected chi connectivity index (χ2v) is 13.3. The quantitative estimate of drug-likeness (QED) is 0.206. The molecule has 3 aromatic rings. The second-order valence-electron chi connectivity index (χ2n) is 12.4. The topological polar surface area (TPSA) is 114 Å². The van der Waals surface area contributed by atoms with Gasteiger partial charge in [-0.05, 0) is 62.6 Å². The highest BCUT2D eigenvalue weighted by atomic mass is 35.5. The first-order valence-electron chi connectivity index (χ1n) is 15.9. The van der Waals surface area contributed by atoms with E-state index >= 15 is 0 Å². The number of hydrogen-bond acceptors (Lipinski definition) is 7. The van der Waals surface area contributed by atoms with Crippen molar-refractivity contribution in [3.05, 3.63) is 105 Å². The highest BCUT2D eigenvalue weighted by Crippen LogP contribution is 2.47. The summed E-state index contributed by atoms with van der Waals surface area (Å²) in [4.78, 5) is 60.2. The summed E-state index contributed by atoms with van der Waals surface area (Å²) in [7, 11) is 3.39. The Morgan fingerprint density at radius 1 is 0.959 bits per heavy atom. The third kappa shape index (κ3) is 10.6. The van der Waals surface area contributed by atoms with Gasteiger partial charge in [0.25, 0.3) is 11.8 Å². The van der Waals surface area contributed by atoms with Gasteiger partial charge in [-0.2, -0.15) is 0 Å². The minimum Gasteiger partial charge on any atom is -0.385 e. The molecule has 1 saturated heterocycles. The van der Waals surface area contributed by atoms with Crippen LogP contribution in [0, 0.1) is 5.92 Å². The molecular weight excluding hydrogens is 669 g/mol. The van der Waals surface area contributed by atoms with Crippen molar-refractivity contribution < 1.29 is 33.5 Å². The lowest BCUT2D eigenvalue weighted by molar-refractivity contribution is -0.138. The number of halogens is 2. The highest BCUT2D eigenvalue weighted by molar-refractivity contribution is 6.35. The highest BCUT2D eigenvalue weighted by Gasteiger charge is 2.50. The predicted octanol–water partition coefficient (Wildman–Crippen LogP) is 6.26. The van der Waals surface area contributed by atoms with Gasteiger partial charge in [-0.1, -0.05) is 77.8 Å². The molecule has 3 aromatic carbocycles. The number of benzene rings is 3. The molecule has 12 heteroatoms. The Labute approximate surface area is 298 Å². The monoisotopic (exact) mass is 713 g/mol. The summed E-state index contributed by atoms with van der Waals surface area (Å²) in [5.41, 5.74) is 4.79. The van der Waals surface area contributed by atoms with Gasteiger partial charge in [-0.25, -0.2) is 5.48 Å². The fourth-order valence-corrected chi connectivity index (χ4v) is 5.98. The standard InChI is InChI=1S/C29H25Cl2N3O5.C5H12O.C3H8O/c30-20-10-11-23(24(31)12-20)27-26(28(37)32-39-16-18-6-2-1-3-7-18)21-8-4-5-9-22(21)29(38)34(27)25-14-33(17-36)13-19(25)15-35;1-5(2,3)6-4;1-3-4-2/h1-12,15,17,19,25-27H,13-14,16H2,(H,32,37);1-4H3;3H2,1-2H3. The lowest BCUT2D eigenvalue weighted by atomic mass is 9.78. The minimum atomic E-state index is -0.939. The van der Waals surface area contributed by atoms with Crippen molar-refractivity contribution in [3.8, 4) is 0 Å². The van der Waals surface area contributed by atoms with Gasteiger partial charge in [-0.3, -0.25) is 19.2 Å². The molecule has 264 valence electrons. The van der Waals surface area contributed by atoms with E-state index in [4.69, 9.17) is 32.8 Å². The van der Waals surface area contributed by atoms with Crippen LogP contribution < -0.4 is 5.48 Å². The Morgan fingerprint density at radius 3 is 2.16 bits per heavy atom. The number of aldehydes is 1. The van der Waals surface area contributed by atoms with Crippen molar-refractivity contribution in [2.24, 2.45) is 5.92 Å². The summed E-state index contributed by atoms with van der Waals surface area (Å²) >= 11 is 12.9. The van der Waals surface area contributed by atoms with Crippen molar-refractivity contribution in [1.29, 1.82) is 0 Å². The molecule has 4 atom stereocenters. The number of fused-ring (bicyclic) bond motifs is 1. The van der Waals surface area contributed by atoms with Crippen LogP contribution in [0.1, 0.15) is 66.7 Å². The summed E-state index contributed by atoms with van der Waals surface area (Å²) in [6.45, 7) is 9.29. The molecule has 1 fully saturated rings. The number of nitrogens with one attached hydrogen (secondary N) is 1. The van der Waals surface area contributed by atoms with E-state index < -0.39 is 29.8 Å². The number of ether oxygens (including phenoxy) is 2. The molecule has 2 aliphatic heterocycles. The first kappa shape index (κ1) is 39.6. The SMILES string of the molecule is CCOC.COC(C)(C)C.O=CC1CN(C=O)CC1N1C(=O)c2ccccc2C(C(=O)NOCc2ccccc2)C1c1ccc(Cl)cc1Cl. The average Bonchev–Trinajstić information content (AvgIpc) is 3.52. The van der Waals surface area contributed by atoms with Crippen molar-refractivity contribution in [3.63, 3.8) is 0 Å². The van der Waals surface area contributed by atoms with Crippen molar-refractivity contribution in [2.75, 3.05) is 33.9 Å². The van der Waals surface area contributed by atoms with Crippen LogP contribution in [0.3, 0.4) is 0 Å². The Kier molecular flexibility index (Phi) is 15.2. The van der Waals surface area contributed by atoms with Crippen molar-refractivity contribution in [2.45, 2.75) is 57.9 Å². The van der Waals surface area contributed by atoms with E-state index in [1.54, 1.807) is 56.7 Å². The molecular formula is C37H45Cl2N3O7. The molecule has 2 heterocycles. The van der Waals surface area contributed by atoms with E-state index in [1.807, 2.05) is 58.0 Å². The van der Waals surface area contributed by atoms with Crippen molar-refractivity contribution in [1.82, 2.24) is 15.3 Å². The third-order valence-corrected chi connectivity index (χ3v) is 8.70. The van der Waals surface area contributed by atoms with E-state index in [0.717, 1.165) is 18.5 Å². The molecule has 0 aliphatic carbocycles. The minimum absolute atomic E-state index is 0.0417.